The fourth-order valence-electron chi connectivity index (χ4n) is 2.21. The van der Waals surface area contributed by atoms with Crippen LogP contribution in [0, 0.1) is 11.3 Å². The molecule has 0 saturated carbocycles. The molecular weight excluding hydrogens is 262 g/mol. The lowest BCUT2D eigenvalue weighted by atomic mass is 10.1. The Hall–Kier alpha value is -3.19. The number of allylic oxidation sites excluding steroid dienone is 1. The van der Waals surface area contributed by atoms with Gasteiger partial charge in [0.2, 0.25) is 0 Å². The molecule has 0 N–H and O–H groups in total. The number of aromatic nitrogens is 2. The van der Waals surface area contributed by atoms with E-state index in [4.69, 9.17) is 5.26 Å². The highest BCUT2D eigenvalue weighted by Gasteiger charge is 2.08. The van der Waals surface area contributed by atoms with E-state index in [-0.39, 0.29) is 5.56 Å². The minimum Gasteiger partial charge on any atom is -0.267 e. The van der Waals surface area contributed by atoms with Crippen LogP contribution in [-0.4, -0.2) is 9.78 Å². The van der Waals surface area contributed by atoms with Gasteiger partial charge < -0.3 is 0 Å². The van der Waals surface area contributed by atoms with Gasteiger partial charge in [-0.25, -0.2) is 0 Å². The monoisotopic (exact) mass is 273 g/mol. The van der Waals surface area contributed by atoms with Crippen LogP contribution in [-0.2, 0) is 0 Å². The average Bonchev–Trinajstić information content (AvgIpc) is 2.54. The van der Waals surface area contributed by atoms with Crippen molar-refractivity contribution in [1.82, 2.24) is 9.78 Å². The number of hydrogen-bond donors (Lipinski definition) is 0. The molecule has 0 aliphatic carbocycles. The fourth-order valence-corrected chi connectivity index (χ4v) is 2.21. The molecule has 0 aliphatic rings. The Morgan fingerprint density at radius 2 is 1.86 bits per heavy atom. The molecular formula is C17H11N3O. The van der Waals surface area contributed by atoms with Gasteiger partial charge in [0.25, 0.3) is 5.56 Å². The molecule has 0 atom stereocenters. The van der Waals surface area contributed by atoms with E-state index in [1.165, 1.54) is 10.8 Å². The second kappa shape index (κ2) is 5.43. The summed E-state index contributed by atoms with van der Waals surface area (Å²) in [5, 5.41) is 14.3. The van der Waals surface area contributed by atoms with Crippen molar-refractivity contribution < 1.29 is 0 Å². The molecule has 0 fully saturated rings. The molecule has 3 rings (SSSR count). The van der Waals surface area contributed by atoms with E-state index in [2.05, 4.69) is 5.10 Å². The Kier molecular flexibility index (Phi) is 3.32. The maximum Gasteiger partial charge on any atom is 0.279 e. The van der Waals surface area contributed by atoms with E-state index in [9.17, 15) is 4.79 Å². The molecule has 1 heterocycles. The number of nitrogens with zero attached hydrogens (tertiary/aromatic N) is 3. The third-order valence-corrected chi connectivity index (χ3v) is 3.20. The standard InChI is InChI=1S/C17H11N3O/c18-11-5-8-13-6-2-4-10-16(13)20-17(21)15-9-3-1-7-14(15)12-19-20/h1-10,12H/b8-5+. The molecule has 0 saturated heterocycles. The first-order valence-corrected chi connectivity index (χ1v) is 6.44. The SMILES string of the molecule is N#C/C=C/c1ccccc1-n1ncc2ccccc2c1=O. The van der Waals surface area contributed by atoms with Crippen molar-refractivity contribution in [2.24, 2.45) is 0 Å². The Balaban J connectivity index is 2.27. The van der Waals surface area contributed by atoms with E-state index < -0.39 is 0 Å². The first-order chi connectivity index (χ1) is 10.3. The number of benzene rings is 2. The van der Waals surface area contributed by atoms with Crippen molar-refractivity contribution in [2.45, 2.75) is 0 Å². The van der Waals surface area contributed by atoms with Crippen molar-refractivity contribution in [3.8, 4) is 11.8 Å². The molecule has 100 valence electrons. The predicted octanol–water partition coefficient (Wildman–Crippen LogP) is 2.92. The predicted molar refractivity (Wildman–Crippen MR) is 82.0 cm³/mol. The Bertz CT molecular complexity index is 932. The summed E-state index contributed by atoms with van der Waals surface area (Å²) in [4.78, 5) is 12.6. The summed E-state index contributed by atoms with van der Waals surface area (Å²) in [6, 6.07) is 16.6. The molecule has 4 heteroatoms. The summed E-state index contributed by atoms with van der Waals surface area (Å²) in [5.41, 5.74) is 1.24. The summed E-state index contributed by atoms with van der Waals surface area (Å²) in [6.07, 6.45) is 4.71. The lowest BCUT2D eigenvalue weighted by Crippen LogP contribution is -2.21. The second-order valence-electron chi connectivity index (χ2n) is 4.47. The smallest absolute Gasteiger partial charge is 0.267 e. The van der Waals surface area contributed by atoms with Crippen LogP contribution in [0.15, 0.2) is 65.6 Å². The maximum absolute atomic E-state index is 12.6. The minimum atomic E-state index is -0.175. The van der Waals surface area contributed by atoms with E-state index >= 15 is 0 Å². The summed E-state index contributed by atoms with van der Waals surface area (Å²) in [6.45, 7) is 0. The number of rotatable bonds is 2. The Morgan fingerprint density at radius 1 is 1.10 bits per heavy atom. The van der Waals surface area contributed by atoms with Gasteiger partial charge in [0, 0.05) is 17.0 Å². The van der Waals surface area contributed by atoms with E-state index in [0.717, 1.165) is 10.9 Å². The van der Waals surface area contributed by atoms with Gasteiger partial charge in [0.05, 0.1) is 23.3 Å². The third kappa shape index (κ3) is 2.33. The maximum atomic E-state index is 12.6. The molecule has 2 aromatic carbocycles. The lowest BCUT2D eigenvalue weighted by Gasteiger charge is -2.08. The molecule has 0 unspecified atom stereocenters. The van der Waals surface area contributed by atoms with Gasteiger partial charge in [-0.2, -0.15) is 15.0 Å². The highest BCUT2D eigenvalue weighted by molar-refractivity contribution is 5.80. The zero-order valence-electron chi connectivity index (χ0n) is 11.1. The van der Waals surface area contributed by atoms with E-state index in [1.807, 2.05) is 42.5 Å². The first-order valence-electron chi connectivity index (χ1n) is 6.44. The number of para-hydroxylation sites is 1. The summed E-state index contributed by atoms with van der Waals surface area (Å²) >= 11 is 0. The molecule has 0 amide bonds. The largest absolute Gasteiger partial charge is 0.279 e. The lowest BCUT2D eigenvalue weighted by molar-refractivity contribution is 0.819. The van der Waals surface area contributed by atoms with Gasteiger partial charge in [0.1, 0.15) is 0 Å². The van der Waals surface area contributed by atoms with Crippen molar-refractivity contribution in [1.29, 1.82) is 5.26 Å². The van der Waals surface area contributed by atoms with Crippen LogP contribution in [0.4, 0.5) is 0 Å². The van der Waals surface area contributed by atoms with Crippen molar-refractivity contribution in [2.75, 3.05) is 0 Å². The quantitative estimate of drug-likeness (QED) is 0.674. The van der Waals surface area contributed by atoms with Crippen LogP contribution in [0.1, 0.15) is 5.56 Å². The van der Waals surface area contributed by atoms with Gasteiger partial charge in [0.15, 0.2) is 0 Å². The van der Waals surface area contributed by atoms with Crippen molar-refractivity contribution in [3.05, 3.63) is 76.7 Å². The number of fused-ring (bicyclic) bond motifs is 1. The molecule has 4 nitrogen and oxygen atoms in total. The molecule has 1 aromatic heterocycles. The molecule has 0 bridgehead atoms. The fraction of sp³-hybridized carbons (Fsp3) is 0. The van der Waals surface area contributed by atoms with Gasteiger partial charge in [-0.05, 0) is 18.2 Å². The van der Waals surface area contributed by atoms with Crippen LogP contribution < -0.4 is 5.56 Å². The second-order valence-corrected chi connectivity index (χ2v) is 4.47. The third-order valence-electron chi connectivity index (χ3n) is 3.20. The Morgan fingerprint density at radius 3 is 2.71 bits per heavy atom. The summed E-state index contributed by atoms with van der Waals surface area (Å²) in [5.74, 6) is 0. The molecule has 21 heavy (non-hydrogen) atoms. The minimum absolute atomic E-state index is 0.175. The molecule has 0 radical (unpaired) electrons. The molecule has 0 spiro atoms. The van der Waals surface area contributed by atoms with Crippen LogP contribution in [0.25, 0.3) is 22.5 Å². The van der Waals surface area contributed by atoms with E-state index in [0.29, 0.717) is 11.1 Å². The van der Waals surface area contributed by atoms with Gasteiger partial charge in [-0.15, -0.1) is 0 Å². The number of nitriles is 1. The summed E-state index contributed by atoms with van der Waals surface area (Å²) in [7, 11) is 0. The first kappa shape index (κ1) is 12.8. The van der Waals surface area contributed by atoms with Crippen molar-refractivity contribution >= 4 is 16.8 Å². The van der Waals surface area contributed by atoms with Crippen LogP contribution >= 0.6 is 0 Å². The highest BCUT2D eigenvalue weighted by atomic mass is 16.1. The zero-order valence-corrected chi connectivity index (χ0v) is 11.1. The zero-order chi connectivity index (χ0) is 14.7. The molecule has 0 aliphatic heterocycles. The van der Waals surface area contributed by atoms with E-state index in [1.54, 1.807) is 24.4 Å². The topological polar surface area (TPSA) is 58.7 Å². The number of hydrogen-bond acceptors (Lipinski definition) is 3. The van der Waals surface area contributed by atoms with Crippen LogP contribution in [0.3, 0.4) is 0 Å². The highest BCUT2D eigenvalue weighted by Crippen LogP contribution is 2.15. The van der Waals surface area contributed by atoms with Crippen molar-refractivity contribution in [3.63, 3.8) is 0 Å². The normalized spacial score (nSPS) is 10.8. The van der Waals surface area contributed by atoms with Gasteiger partial charge >= 0.3 is 0 Å². The van der Waals surface area contributed by atoms with Gasteiger partial charge in [-0.1, -0.05) is 36.4 Å². The Labute approximate surface area is 121 Å². The van der Waals surface area contributed by atoms with Crippen LogP contribution in [0.2, 0.25) is 0 Å². The summed E-state index contributed by atoms with van der Waals surface area (Å²) < 4.78 is 1.36. The molecule has 3 aromatic rings. The van der Waals surface area contributed by atoms with Crippen LogP contribution in [0.5, 0.6) is 0 Å². The average molecular weight is 273 g/mol. The van der Waals surface area contributed by atoms with Gasteiger partial charge in [-0.3, -0.25) is 4.79 Å².